The second kappa shape index (κ2) is 5.57. The summed E-state index contributed by atoms with van der Waals surface area (Å²) in [6, 6.07) is 4.04. The van der Waals surface area contributed by atoms with Crippen LogP contribution >= 0.6 is 0 Å². The number of carbonyl (C=O) groups is 1. The van der Waals surface area contributed by atoms with Crippen molar-refractivity contribution >= 4 is 5.97 Å². The fourth-order valence-electron chi connectivity index (χ4n) is 2.60. The summed E-state index contributed by atoms with van der Waals surface area (Å²) in [4.78, 5) is 11.0. The highest BCUT2D eigenvalue weighted by Gasteiger charge is 2.33. The van der Waals surface area contributed by atoms with Crippen molar-refractivity contribution in [3.05, 3.63) is 29.6 Å². The van der Waals surface area contributed by atoms with Crippen LogP contribution < -0.4 is 10.5 Å². The monoisotopic (exact) mass is 267 g/mol. The zero-order chi connectivity index (χ0) is 13.9. The van der Waals surface area contributed by atoms with Crippen molar-refractivity contribution in [3.63, 3.8) is 0 Å². The number of hydrogen-bond acceptors (Lipinski definition) is 3. The predicted molar refractivity (Wildman–Crippen MR) is 68.8 cm³/mol. The van der Waals surface area contributed by atoms with Crippen molar-refractivity contribution in [2.45, 2.75) is 25.7 Å². The highest BCUT2D eigenvalue weighted by Crippen LogP contribution is 2.38. The fraction of sp³-hybridized carbons (Fsp3) is 0.500. The molecule has 1 aliphatic carbocycles. The summed E-state index contributed by atoms with van der Waals surface area (Å²) >= 11 is 0. The Bertz CT molecular complexity index is 470. The number of ether oxygens (including phenoxy) is 1. The molecule has 19 heavy (non-hydrogen) atoms. The summed E-state index contributed by atoms with van der Waals surface area (Å²) in [6.07, 6.45) is 4.16. The minimum absolute atomic E-state index is 0.0761. The van der Waals surface area contributed by atoms with E-state index in [1.54, 1.807) is 0 Å². The van der Waals surface area contributed by atoms with Crippen molar-refractivity contribution in [1.29, 1.82) is 0 Å². The first-order valence-electron chi connectivity index (χ1n) is 6.43. The third kappa shape index (κ3) is 2.87. The summed E-state index contributed by atoms with van der Waals surface area (Å²) < 4.78 is 19.0. The molecule has 0 aliphatic heterocycles. The lowest BCUT2D eigenvalue weighted by atomic mass is 9.87. The topological polar surface area (TPSA) is 72.5 Å². The Kier molecular flexibility index (Phi) is 4.04. The molecule has 2 rings (SSSR count). The average molecular weight is 267 g/mol. The van der Waals surface area contributed by atoms with E-state index in [2.05, 4.69) is 0 Å². The lowest BCUT2D eigenvalue weighted by Gasteiger charge is -2.27. The SMILES string of the molecule is NCC1(COc2cccc(F)c2C(=O)O)CCCC1. The minimum Gasteiger partial charge on any atom is -0.492 e. The van der Waals surface area contributed by atoms with E-state index in [4.69, 9.17) is 15.6 Å². The Morgan fingerprint density at radius 3 is 2.68 bits per heavy atom. The Labute approximate surface area is 111 Å². The lowest BCUT2D eigenvalue weighted by Crippen LogP contribution is -2.34. The number of halogens is 1. The normalized spacial score (nSPS) is 17.4. The maximum absolute atomic E-state index is 13.5. The van der Waals surface area contributed by atoms with Gasteiger partial charge in [-0.15, -0.1) is 0 Å². The van der Waals surface area contributed by atoms with Gasteiger partial charge in [0, 0.05) is 12.0 Å². The molecular formula is C14H18FNO3. The van der Waals surface area contributed by atoms with Gasteiger partial charge in [0.2, 0.25) is 0 Å². The molecule has 0 unspecified atom stereocenters. The molecule has 0 saturated heterocycles. The van der Waals surface area contributed by atoms with Crippen LogP contribution in [0, 0.1) is 11.2 Å². The van der Waals surface area contributed by atoms with Crippen LogP contribution in [0.2, 0.25) is 0 Å². The van der Waals surface area contributed by atoms with Gasteiger partial charge in [0.15, 0.2) is 0 Å². The van der Waals surface area contributed by atoms with Gasteiger partial charge < -0.3 is 15.6 Å². The van der Waals surface area contributed by atoms with E-state index >= 15 is 0 Å². The molecule has 0 radical (unpaired) electrons. The van der Waals surface area contributed by atoms with Gasteiger partial charge in [-0.3, -0.25) is 0 Å². The van der Waals surface area contributed by atoms with Crippen LogP contribution in [0.1, 0.15) is 36.0 Å². The quantitative estimate of drug-likeness (QED) is 0.859. The number of nitrogens with two attached hydrogens (primary N) is 1. The summed E-state index contributed by atoms with van der Waals surface area (Å²) in [5.41, 5.74) is 5.29. The van der Waals surface area contributed by atoms with Crippen LogP contribution in [0.3, 0.4) is 0 Å². The molecule has 1 fully saturated rings. The zero-order valence-electron chi connectivity index (χ0n) is 10.7. The van der Waals surface area contributed by atoms with E-state index in [0.717, 1.165) is 31.7 Å². The highest BCUT2D eigenvalue weighted by molar-refractivity contribution is 5.91. The van der Waals surface area contributed by atoms with Gasteiger partial charge >= 0.3 is 5.97 Å². The molecule has 0 spiro atoms. The zero-order valence-corrected chi connectivity index (χ0v) is 10.7. The molecule has 4 nitrogen and oxygen atoms in total. The molecule has 1 saturated carbocycles. The molecule has 104 valence electrons. The van der Waals surface area contributed by atoms with Crippen LogP contribution in [0.25, 0.3) is 0 Å². The first-order valence-corrected chi connectivity index (χ1v) is 6.43. The number of carboxylic acids is 1. The first kappa shape index (κ1) is 13.8. The summed E-state index contributed by atoms with van der Waals surface area (Å²) in [5.74, 6) is -2.02. The maximum Gasteiger partial charge on any atom is 0.342 e. The van der Waals surface area contributed by atoms with E-state index < -0.39 is 17.3 Å². The van der Waals surface area contributed by atoms with Crippen molar-refractivity contribution in [1.82, 2.24) is 0 Å². The minimum atomic E-state index is -1.32. The van der Waals surface area contributed by atoms with Crippen molar-refractivity contribution in [2.75, 3.05) is 13.2 Å². The van der Waals surface area contributed by atoms with Crippen LogP contribution in [0.15, 0.2) is 18.2 Å². The number of benzene rings is 1. The standard InChI is InChI=1S/C14H18FNO3/c15-10-4-3-5-11(12(10)13(17)18)19-9-14(8-16)6-1-2-7-14/h3-5H,1-2,6-9,16H2,(H,17,18). The Hall–Kier alpha value is -1.62. The maximum atomic E-state index is 13.5. The van der Waals surface area contributed by atoms with Crippen molar-refractivity contribution in [2.24, 2.45) is 11.1 Å². The Morgan fingerprint density at radius 2 is 2.11 bits per heavy atom. The van der Waals surface area contributed by atoms with Crippen LogP contribution in [-0.2, 0) is 0 Å². The van der Waals surface area contributed by atoms with Gasteiger partial charge in [0.25, 0.3) is 0 Å². The summed E-state index contributed by atoms with van der Waals surface area (Å²) in [7, 11) is 0. The van der Waals surface area contributed by atoms with E-state index in [0.29, 0.717) is 13.2 Å². The Morgan fingerprint density at radius 1 is 1.42 bits per heavy atom. The van der Waals surface area contributed by atoms with Gasteiger partial charge in [-0.05, 0) is 25.0 Å². The first-order chi connectivity index (χ1) is 9.08. The molecule has 0 heterocycles. The lowest BCUT2D eigenvalue weighted by molar-refractivity contribution is 0.0682. The molecule has 0 aromatic heterocycles. The molecular weight excluding hydrogens is 249 g/mol. The second-order valence-electron chi connectivity index (χ2n) is 5.12. The second-order valence-corrected chi connectivity index (χ2v) is 5.12. The van der Waals surface area contributed by atoms with E-state index in [-0.39, 0.29) is 11.2 Å². The molecule has 0 bridgehead atoms. The molecule has 0 atom stereocenters. The number of aromatic carboxylic acids is 1. The summed E-state index contributed by atoms with van der Waals surface area (Å²) in [5, 5.41) is 9.02. The van der Waals surface area contributed by atoms with Gasteiger partial charge in [0.05, 0.1) is 6.61 Å². The van der Waals surface area contributed by atoms with Crippen LogP contribution in [0.5, 0.6) is 5.75 Å². The number of rotatable bonds is 5. The molecule has 0 amide bonds. The highest BCUT2D eigenvalue weighted by atomic mass is 19.1. The van der Waals surface area contributed by atoms with Crippen LogP contribution in [-0.4, -0.2) is 24.2 Å². The number of hydrogen-bond donors (Lipinski definition) is 2. The summed E-state index contributed by atoms with van der Waals surface area (Å²) in [6.45, 7) is 0.845. The number of carboxylic acid groups (broad SMARTS) is 1. The van der Waals surface area contributed by atoms with Gasteiger partial charge in [-0.25, -0.2) is 9.18 Å². The molecule has 3 N–H and O–H groups in total. The Balaban J connectivity index is 2.15. The molecule has 1 aliphatic rings. The van der Waals surface area contributed by atoms with E-state index in [1.807, 2.05) is 0 Å². The average Bonchev–Trinajstić information content (AvgIpc) is 2.85. The van der Waals surface area contributed by atoms with Crippen LogP contribution in [0.4, 0.5) is 4.39 Å². The van der Waals surface area contributed by atoms with E-state index in [1.165, 1.54) is 12.1 Å². The van der Waals surface area contributed by atoms with Gasteiger partial charge in [0.1, 0.15) is 17.1 Å². The van der Waals surface area contributed by atoms with Crippen molar-refractivity contribution in [3.8, 4) is 5.75 Å². The molecule has 1 aromatic rings. The molecule has 1 aromatic carbocycles. The molecule has 5 heteroatoms. The van der Waals surface area contributed by atoms with Crippen molar-refractivity contribution < 1.29 is 19.0 Å². The third-order valence-electron chi connectivity index (χ3n) is 3.82. The van der Waals surface area contributed by atoms with Gasteiger partial charge in [-0.1, -0.05) is 18.9 Å². The smallest absolute Gasteiger partial charge is 0.342 e. The predicted octanol–water partition coefficient (Wildman–Crippen LogP) is 2.42. The fourth-order valence-corrected chi connectivity index (χ4v) is 2.60. The van der Waals surface area contributed by atoms with Gasteiger partial charge in [-0.2, -0.15) is 0 Å². The van der Waals surface area contributed by atoms with E-state index in [9.17, 15) is 9.18 Å². The third-order valence-corrected chi connectivity index (χ3v) is 3.82. The largest absolute Gasteiger partial charge is 0.492 e.